The van der Waals surface area contributed by atoms with Crippen LogP contribution in [-0.2, 0) is 6.42 Å². The quantitative estimate of drug-likeness (QED) is 0.188. The molecule has 0 saturated carbocycles. The van der Waals surface area contributed by atoms with E-state index in [1.807, 2.05) is 0 Å². The average Bonchev–Trinajstić information content (AvgIpc) is 3.48. The molecule has 6 aromatic rings. The maximum atomic E-state index is 6.93. The van der Waals surface area contributed by atoms with E-state index >= 15 is 0 Å². The van der Waals surface area contributed by atoms with Crippen molar-refractivity contribution in [1.29, 1.82) is 0 Å². The number of benzene rings is 4. The third-order valence-electron chi connectivity index (χ3n) is 8.88. The fourth-order valence-electron chi connectivity index (χ4n) is 7.27. The number of hydrogen-bond acceptors (Lipinski definition) is 0. The SMILES string of the molecule is Clc1cc2cc(c1)-n1c3ccccc3c3ccc(cc31)C1=CCCC=C1C1C=Cc3c(n-2c2ccccc32)C1. The van der Waals surface area contributed by atoms with Crippen LogP contribution in [-0.4, -0.2) is 9.13 Å². The Balaban J connectivity index is 1.47. The lowest BCUT2D eigenvalue weighted by Crippen LogP contribution is -2.15. The van der Waals surface area contributed by atoms with Gasteiger partial charge in [-0.2, -0.15) is 0 Å². The maximum absolute atomic E-state index is 6.93. The highest BCUT2D eigenvalue weighted by Crippen LogP contribution is 2.44. The molecule has 6 bridgehead atoms. The molecule has 2 aromatic heterocycles. The lowest BCUT2D eigenvalue weighted by molar-refractivity contribution is 0.725. The fraction of sp³-hybridized carbons (Fsp3) is 0.111. The second kappa shape index (κ2) is 7.88. The molecule has 0 saturated heterocycles. The van der Waals surface area contributed by atoms with E-state index in [2.05, 4.69) is 118 Å². The zero-order chi connectivity index (χ0) is 25.7. The molecular formula is C36H25ClN2. The van der Waals surface area contributed by atoms with E-state index in [1.165, 1.54) is 60.7 Å². The lowest BCUT2D eigenvalue weighted by atomic mass is 9.79. The van der Waals surface area contributed by atoms with Gasteiger partial charge in [-0.3, -0.25) is 0 Å². The number of para-hydroxylation sites is 2. The van der Waals surface area contributed by atoms with Crippen LogP contribution in [0.25, 0.3) is 55.7 Å². The summed E-state index contributed by atoms with van der Waals surface area (Å²) >= 11 is 6.93. The Kier molecular flexibility index (Phi) is 4.37. The van der Waals surface area contributed by atoms with Crippen LogP contribution in [0.5, 0.6) is 0 Å². The average molecular weight is 521 g/mol. The summed E-state index contributed by atoms with van der Waals surface area (Å²) in [5.41, 5.74) is 12.6. The van der Waals surface area contributed by atoms with Crippen LogP contribution in [0, 0.1) is 5.92 Å². The van der Waals surface area contributed by atoms with Gasteiger partial charge < -0.3 is 9.13 Å². The number of fused-ring (bicyclic) bond motifs is 15. The zero-order valence-electron chi connectivity index (χ0n) is 21.4. The molecule has 1 unspecified atom stereocenters. The van der Waals surface area contributed by atoms with Gasteiger partial charge >= 0.3 is 0 Å². The Bertz CT molecular complexity index is 2110. The molecule has 186 valence electrons. The molecule has 0 N–H and O–H groups in total. The number of rotatable bonds is 0. The summed E-state index contributed by atoms with van der Waals surface area (Å²) in [4.78, 5) is 0. The van der Waals surface area contributed by atoms with E-state index < -0.39 is 0 Å². The molecule has 2 nitrogen and oxygen atoms in total. The molecular weight excluding hydrogens is 496 g/mol. The van der Waals surface area contributed by atoms with Crippen LogP contribution in [0.4, 0.5) is 0 Å². The van der Waals surface area contributed by atoms with Crippen molar-refractivity contribution in [2.75, 3.05) is 0 Å². The van der Waals surface area contributed by atoms with Gasteiger partial charge in [-0.05, 0) is 72.4 Å². The van der Waals surface area contributed by atoms with Crippen LogP contribution >= 0.6 is 11.6 Å². The second-order valence-corrected chi connectivity index (χ2v) is 11.4. The fourth-order valence-corrected chi connectivity index (χ4v) is 7.49. The molecule has 1 aliphatic heterocycles. The number of halogens is 1. The van der Waals surface area contributed by atoms with E-state index in [0.29, 0.717) is 5.92 Å². The topological polar surface area (TPSA) is 9.86 Å². The molecule has 4 aromatic carbocycles. The first-order valence-corrected chi connectivity index (χ1v) is 14.2. The van der Waals surface area contributed by atoms with Gasteiger partial charge in [-0.25, -0.2) is 0 Å². The Morgan fingerprint density at radius 3 is 2.26 bits per heavy atom. The summed E-state index contributed by atoms with van der Waals surface area (Å²) in [6.07, 6.45) is 12.9. The first kappa shape index (κ1) is 21.6. The second-order valence-electron chi connectivity index (χ2n) is 11.0. The van der Waals surface area contributed by atoms with E-state index in [0.717, 1.165) is 35.7 Å². The molecule has 2 aliphatic carbocycles. The van der Waals surface area contributed by atoms with E-state index in [1.54, 1.807) is 0 Å². The summed E-state index contributed by atoms with van der Waals surface area (Å²) in [5, 5.41) is 4.57. The van der Waals surface area contributed by atoms with Gasteiger partial charge in [0.15, 0.2) is 0 Å². The molecule has 9 rings (SSSR count). The highest BCUT2D eigenvalue weighted by atomic mass is 35.5. The largest absolute Gasteiger partial charge is 0.313 e. The van der Waals surface area contributed by atoms with Gasteiger partial charge in [0.1, 0.15) is 0 Å². The number of hydrogen-bond donors (Lipinski definition) is 0. The van der Waals surface area contributed by atoms with Crippen LogP contribution < -0.4 is 0 Å². The molecule has 3 aliphatic rings. The monoisotopic (exact) mass is 520 g/mol. The third-order valence-corrected chi connectivity index (χ3v) is 9.10. The molecule has 0 radical (unpaired) electrons. The molecule has 1 atom stereocenters. The summed E-state index contributed by atoms with van der Waals surface area (Å²) in [7, 11) is 0. The molecule has 3 heteroatoms. The first-order valence-electron chi connectivity index (χ1n) is 13.8. The Hall–Kier alpha value is -4.27. The van der Waals surface area contributed by atoms with Gasteiger partial charge in [-0.1, -0.05) is 84.4 Å². The van der Waals surface area contributed by atoms with Crippen LogP contribution in [0.1, 0.15) is 29.7 Å². The van der Waals surface area contributed by atoms with Gasteiger partial charge in [0.05, 0.1) is 16.6 Å². The Morgan fingerprint density at radius 1 is 0.667 bits per heavy atom. The van der Waals surface area contributed by atoms with E-state index in [4.69, 9.17) is 11.6 Å². The van der Waals surface area contributed by atoms with Gasteiger partial charge in [-0.15, -0.1) is 0 Å². The first-order chi connectivity index (χ1) is 19.2. The van der Waals surface area contributed by atoms with E-state index in [9.17, 15) is 0 Å². The predicted molar refractivity (Wildman–Crippen MR) is 164 cm³/mol. The summed E-state index contributed by atoms with van der Waals surface area (Å²) < 4.78 is 4.86. The summed E-state index contributed by atoms with van der Waals surface area (Å²) in [6, 6.07) is 31.1. The maximum Gasteiger partial charge on any atom is 0.0547 e. The summed E-state index contributed by atoms with van der Waals surface area (Å²) in [6.45, 7) is 0. The Morgan fingerprint density at radius 2 is 1.38 bits per heavy atom. The summed E-state index contributed by atoms with van der Waals surface area (Å²) in [5.74, 6) is 0.327. The molecule has 0 amide bonds. The van der Waals surface area contributed by atoms with Crippen LogP contribution in [0.3, 0.4) is 0 Å². The van der Waals surface area contributed by atoms with Crippen molar-refractivity contribution in [3.63, 3.8) is 0 Å². The number of nitrogens with zero attached hydrogens (tertiary/aromatic N) is 2. The van der Waals surface area contributed by atoms with Crippen molar-refractivity contribution in [3.05, 3.63) is 131 Å². The number of aromatic nitrogens is 2. The van der Waals surface area contributed by atoms with Crippen molar-refractivity contribution in [1.82, 2.24) is 9.13 Å². The molecule has 0 fully saturated rings. The number of allylic oxidation sites excluding steroid dienone is 5. The minimum absolute atomic E-state index is 0.327. The van der Waals surface area contributed by atoms with Gasteiger partial charge in [0.25, 0.3) is 0 Å². The predicted octanol–water partition coefficient (Wildman–Crippen LogP) is 9.68. The smallest absolute Gasteiger partial charge is 0.0547 e. The Labute approximate surface area is 231 Å². The highest BCUT2D eigenvalue weighted by Gasteiger charge is 2.28. The van der Waals surface area contributed by atoms with E-state index in [-0.39, 0.29) is 0 Å². The minimum atomic E-state index is 0.327. The lowest BCUT2D eigenvalue weighted by Gasteiger charge is -2.26. The standard InChI is InChI=1S/C36H25ClN2/c37-24-19-25-21-26(20-24)39-34-12-6-4-10-30(34)32-16-14-23(18-36(32)39)28-8-2-1-7-27(28)22-13-15-31-29-9-3-5-11-33(29)38(25)35(31)17-22/h3-17,19-21,23H,1-2,18H2. The van der Waals surface area contributed by atoms with Gasteiger partial charge in [0, 0.05) is 49.7 Å². The van der Waals surface area contributed by atoms with Crippen molar-refractivity contribution < 1.29 is 0 Å². The normalized spacial score (nSPS) is 17.5. The molecule has 3 heterocycles. The molecule has 0 spiro atoms. The molecule has 39 heavy (non-hydrogen) atoms. The van der Waals surface area contributed by atoms with Crippen LogP contribution in [0.2, 0.25) is 5.02 Å². The van der Waals surface area contributed by atoms with Crippen molar-refractivity contribution >= 4 is 56.0 Å². The zero-order valence-corrected chi connectivity index (χ0v) is 22.1. The van der Waals surface area contributed by atoms with Crippen molar-refractivity contribution in [2.24, 2.45) is 5.92 Å². The minimum Gasteiger partial charge on any atom is -0.313 e. The van der Waals surface area contributed by atoms with Crippen molar-refractivity contribution in [2.45, 2.75) is 19.3 Å². The van der Waals surface area contributed by atoms with Crippen LogP contribution in [0.15, 0.2) is 109 Å². The van der Waals surface area contributed by atoms with Crippen molar-refractivity contribution in [3.8, 4) is 11.4 Å². The highest BCUT2D eigenvalue weighted by molar-refractivity contribution is 6.31. The third kappa shape index (κ3) is 2.98. The van der Waals surface area contributed by atoms with Gasteiger partial charge in [0.2, 0.25) is 0 Å².